The van der Waals surface area contributed by atoms with Gasteiger partial charge in [-0.15, -0.1) is 0 Å². The first-order chi connectivity index (χ1) is 17.2. The summed E-state index contributed by atoms with van der Waals surface area (Å²) in [6.45, 7) is 0.268. The van der Waals surface area contributed by atoms with Gasteiger partial charge in [-0.05, 0) is 46.2 Å². The van der Waals surface area contributed by atoms with Crippen molar-refractivity contribution in [2.24, 2.45) is 7.05 Å². The molecule has 1 N–H and O–H groups in total. The average molecular weight is 498 g/mol. The maximum atomic E-state index is 14.0. The minimum Gasteiger partial charge on any atom is -0.356 e. The van der Waals surface area contributed by atoms with Gasteiger partial charge >= 0.3 is 0 Å². The summed E-state index contributed by atoms with van der Waals surface area (Å²) in [5.41, 5.74) is 4.46. The minimum atomic E-state index is -3.26. The lowest BCUT2D eigenvalue weighted by atomic mass is 9.99. The van der Waals surface area contributed by atoms with E-state index in [2.05, 4.69) is 4.98 Å². The molecule has 7 nitrogen and oxygen atoms in total. The van der Waals surface area contributed by atoms with Gasteiger partial charge in [-0.3, -0.25) is 9.59 Å². The molecule has 1 aliphatic rings. The van der Waals surface area contributed by atoms with Crippen molar-refractivity contribution >= 4 is 43.1 Å². The monoisotopic (exact) mass is 497 g/mol. The predicted molar refractivity (Wildman–Crippen MR) is 142 cm³/mol. The third kappa shape index (κ3) is 3.61. The van der Waals surface area contributed by atoms with Crippen LogP contribution in [-0.2, 0) is 29.2 Å². The molecule has 3 heterocycles. The van der Waals surface area contributed by atoms with Crippen LogP contribution in [0, 0.1) is 0 Å². The van der Waals surface area contributed by atoms with E-state index in [0.29, 0.717) is 27.9 Å². The minimum absolute atomic E-state index is 0.117. The van der Waals surface area contributed by atoms with Crippen LogP contribution >= 0.6 is 0 Å². The van der Waals surface area contributed by atoms with Gasteiger partial charge in [-0.1, -0.05) is 36.4 Å². The molecule has 3 aromatic carbocycles. The Morgan fingerprint density at radius 3 is 2.56 bits per heavy atom. The standard InChI is InChI=1S/C28H23N3O4S/c1-30-15-23-22-11-17(16-36(2,34)35)7-10-24(22)31(14-21-13-29-26(25(21)23)28(30)33)27(32)20-9-8-18-5-3-4-6-19(18)12-20/h3-13,15,29H,14,16H2,1-2H3. The number of benzene rings is 3. The molecule has 0 aliphatic carbocycles. The molecule has 0 atom stereocenters. The van der Waals surface area contributed by atoms with E-state index < -0.39 is 9.84 Å². The van der Waals surface area contributed by atoms with E-state index in [-0.39, 0.29) is 23.8 Å². The van der Waals surface area contributed by atoms with Gasteiger partial charge in [-0.2, -0.15) is 0 Å². The van der Waals surface area contributed by atoms with Crippen molar-refractivity contribution in [1.82, 2.24) is 9.55 Å². The number of amides is 1. The highest BCUT2D eigenvalue weighted by atomic mass is 32.2. The molecule has 2 aromatic heterocycles. The van der Waals surface area contributed by atoms with Crippen molar-refractivity contribution < 1.29 is 13.2 Å². The summed E-state index contributed by atoms with van der Waals surface area (Å²) in [5.74, 6) is -0.292. The van der Waals surface area contributed by atoms with Gasteiger partial charge in [0.2, 0.25) is 0 Å². The number of nitrogens with one attached hydrogen (secondary N) is 1. The molecular formula is C28H23N3O4S. The molecule has 0 bridgehead atoms. The Kier molecular flexibility index (Phi) is 4.91. The van der Waals surface area contributed by atoms with E-state index in [0.717, 1.165) is 27.3 Å². The Hall–Kier alpha value is -4.17. The van der Waals surface area contributed by atoms with Crippen LogP contribution in [-0.4, -0.2) is 30.1 Å². The number of carbonyl (C=O) groups is 1. The van der Waals surface area contributed by atoms with Crippen LogP contribution in [0.15, 0.2) is 77.9 Å². The summed E-state index contributed by atoms with van der Waals surface area (Å²) in [7, 11) is -1.58. The lowest BCUT2D eigenvalue weighted by Gasteiger charge is -2.24. The van der Waals surface area contributed by atoms with Crippen molar-refractivity contribution in [3.05, 3.63) is 100 Å². The van der Waals surface area contributed by atoms with Crippen LogP contribution in [0.2, 0.25) is 0 Å². The number of aryl methyl sites for hydroxylation is 1. The number of carbonyl (C=O) groups excluding carboxylic acids is 1. The van der Waals surface area contributed by atoms with Crippen LogP contribution in [0.1, 0.15) is 21.5 Å². The van der Waals surface area contributed by atoms with E-state index in [1.54, 1.807) is 36.5 Å². The molecule has 1 amide bonds. The van der Waals surface area contributed by atoms with Crippen LogP contribution < -0.4 is 10.5 Å². The Bertz CT molecular complexity index is 1880. The largest absolute Gasteiger partial charge is 0.356 e. The normalized spacial score (nSPS) is 13.1. The van der Waals surface area contributed by atoms with Crippen LogP contribution in [0.4, 0.5) is 5.69 Å². The third-order valence-electron chi connectivity index (χ3n) is 6.73. The number of anilines is 1. The second-order valence-electron chi connectivity index (χ2n) is 9.40. The molecule has 0 spiro atoms. The third-order valence-corrected chi connectivity index (χ3v) is 7.59. The number of aromatic amines is 1. The fourth-order valence-corrected chi connectivity index (χ4v) is 5.89. The summed E-state index contributed by atoms with van der Waals surface area (Å²) in [6, 6.07) is 18.9. The molecular weight excluding hydrogens is 474 g/mol. The van der Waals surface area contributed by atoms with E-state index >= 15 is 0 Å². The van der Waals surface area contributed by atoms with Gasteiger partial charge in [0.1, 0.15) is 5.52 Å². The van der Waals surface area contributed by atoms with E-state index in [4.69, 9.17) is 0 Å². The van der Waals surface area contributed by atoms with Crippen molar-refractivity contribution in [1.29, 1.82) is 0 Å². The van der Waals surface area contributed by atoms with Gasteiger partial charge in [0.05, 0.1) is 18.0 Å². The number of H-pyrrole nitrogens is 1. The molecule has 180 valence electrons. The maximum Gasteiger partial charge on any atom is 0.274 e. The molecule has 0 saturated heterocycles. The molecule has 36 heavy (non-hydrogen) atoms. The van der Waals surface area contributed by atoms with Crippen molar-refractivity contribution in [3.63, 3.8) is 0 Å². The zero-order valence-corrected chi connectivity index (χ0v) is 20.6. The van der Waals surface area contributed by atoms with Gasteiger partial charge in [0.25, 0.3) is 11.5 Å². The number of fused-ring (bicyclic) bond motifs is 3. The quantitative estimate of drug-likeness (QED) is 0.400. The fourth-order valence-electron chi connectivity index (χ4n) is 5.10. The first-order valence-electron chi connectivity index (χ1n) is 11.5. The average Bonchev–Trinajstić information content (AvgIpc) is 3.22. The smallest absolute Gasteiger partial charge is 0.274 e. The molecule has 0 saturated carbocycles. The topological polar surface area (TPSA) is 92.2 Å². The number of aromatic nitrogens is 2. The highest BCUT2D eigenvalue weighted by molar-refractivity contribution is 7.89. The van der Waals surface area contributed by atoms with Crippen molar-refractivity contribution in [2.75, 3.05) is 11.2 Å². The molecule has 0 radical (unpaired) electrons. The summed E-state index contributed by atoms with van der Waals surface area (Å²) in [4.78, 5) is 31.6. The highest BCUT2D eigenvalue weighted by Crippen LogP contribution is 2.41. The second-order valence-corrected chi connectivity index (χ2v) is 11.5. The van der Waals surface area contributed by atoms with E-state index in [9.17, 15) is 18.0 Å². The summed E-state index contributed by atoms with van der Waals surface area (Å²) in [5, 5.41) is 2.77. The molecule has 1 aliphatic heterocycles. The first-order valence-corrected chi connectivity index (χ1v) is 13.6. The highest BCUT2D eigenvalue weighted by Gasteiger charge is 2.29. The second kappa shape index (κ2) is 7.93. The summed E-state index contributed by atoms with van der Waals surface area (Å²) in [6.07, 6.45) is 4.73. The lowest BCUT2D eigenvalue weighted by molar-refractivity contribution is 0.0985. The zero-order valence-electron chi connectivity index (χ0n) is 19.8. The van der Waals surface area contributed by atoms with Gasteiger partial charge in [-0.25, -0.2) is 8.42 Å². The number of hydrogen-bond acceptors (Lipinski definition) is 4. The van der Waals surface area contributed by atoms with Crippen LogP contribution in [0.3, 0.4) is 0 Å². The number of hydrogen-bond donors (Lipinski definition) is 1. The molecule has 6 rings (SSSR count). The van der Waals surface area contributed by atoms with Gasteiger partial charge in [0, 0.05) is 47.8 Å². The number of nitrogens with zero attached hydrogens (tertiary/aromatic N) is 2. The predicted octanol–water partition coefficient (Wildman–Crippen LogP) is 4.39. The molecule has 5 aromatic rings. The Balaban J connectivity index is 1.58. The number of pyridine rings is 1. The van der Waals surface area contributed by atoms with E-state index in [1.165, 1.54) is 10.8 Å². The lowest BCUT2D eigenvalue weighted by Crippen LogP contribution is -2.30. The first kappa shape index (κ1) is 22.3. The Labute approximate surface area is 207 Å². The summed E-state index contributed by atoms with van der Waals surface area (Å²) < 4.78 is 25.6. The molecule has 8 heteroatoms. The van der Waals surface area contributed by atoms with Gasteiger partial charge in [0.15, 0.2) is 9.84 Å². The summed E-state index contributed by atoms with van der Waals surface area (Å²) >= 11 is 0. The van der Waals surface area contributed by atoms with Crippen molar-refractivity contribution in [2.45, 2.75) is 12.3 Å². The maximum absolute atomic E-state index is 14.0. The molecule has 0 fully saturated rings. The SMILES string of the molecule is Cn1cc2c3c(c[nH]c3c1=O)CN(C(=O)c1ccc3ccccc3c1)c1ccc(CS(C)(=O)=O)cc1-2. The van der Waals surface area contributed by atoms with Gasteiger partial charge < -0.3 is 14.5 Å². The number of rotatable bonds is 3. The Morgan fingerprint density at radius 1 is 1.00 bits per heavy atom. The molecule has 0 unspecified atom stereocenters. The van der Waals surface area contributed by atoms with Crippen molar-refractivity contribution in [3.8, 4) is 11.1 Å². The fraction of sp³-hybridized carbons (Fsp3) is 0.143. The van der Waals surface area contributed by atoms with Crippen LogP contribution in [0.25, 0.3) is 32.8 Å². The van der Waals surface area contributed by atoms with E-state index in [1.807, 2.05) is 48.5 Å². The number of sulfone groups is 1. The Morgan fingerprint density at radius 2 is 1.78 bits per heavy atom. The van der Waals surface area contributed by atoms with Crippen LogP contribution in [0.5, 0.6) is 0 Å². The zero-order chi connectivity index (χ0) is 25.2.